The van der Waals surface area contributed by atoms with Crippen molar-refractivity contribution in [1.82, 2.24) is 15.5 Å². The van der Waals surface area contributed by atoms with Crippen molar-refractivity contribution < 1.29 is 4.79 Å². The highest BCUT2D eigenvalue weighted by Crippen LogP contribution is 2.17. The van der Waals surface area contributed by atoms with Crippen molar-refractivity contribution in [2.24, 2.45) is 0 Å². The first-order chi connectivity index (χ1) is 8.70. The largest absolute Gasteiger partial charge is 0.377 e. The molecule has 0 fully saturated rings. The van der Waals surface area contributed by atoms with Crippen molar-refractivity contribution in [3.63, 3.8) is 0 Å². The number of rotatable bonds is 4. The lowest BCUT2D eigenvalue weighted by Crippen LogP contribution is -2.17. The first-order valence-corrected chi connectivity index (χ1v) is 5.78. The standard InChI is InChI=1S/C13H16N4O/c1-9(12-7-8-15-17-12)16-11-5-3-10(4-6-11)13(18)14-2/h3-9,16H,1-2H3,(H,14,18)(H,15,17). The molecule has 1 amide bonds. The number of benzene rings is 1. The fourth-order valence-corrected chi connectivity index (χ4v) is 1.70. The quantitative estimate of drug-likeness (QED) is 0.769. The third-order valence-electron chi connectivity index (χ3n) is 2.75. The van der Waals surface area contributed by atoms with Crippen molar-refractivity contribution >= 4 is 11.6 Å². The number of nitrogens with zero attached hydrogens (tertiary/aromatic N) is 1. The number of hydrogen-bond acceptors (Lipinski definition) is 3. The van der Waals surface area contributed by atoms with Gasteiger partial charge in [-0.15, -0.1) is 0 Å². The van der Waals surface area contributed by atoms with Gasteiger partial charge in [-0.05, 0) is 37.3 Å². The molecule has 0 spiro atoms. The van der Waals surface area contributed by atoms with E-state index in [0.717, 1.165) is 11.4 Å². The lowest BCUT2D eigenvalue weighted by atomic mass is 10.1. The third kappa shape index (κ3) is 2.68. The van der Waals surface area contributed by atoms with Crippen LogP contribution >= 0.6 is 0 Å². The van der Waals surface area contributed by atoms with E-state index in [1.54, 1.807) is 25.4 Å². The van der Waals surface area contributed by atoms with Crippen LogP contribution in [0.1, 0.15) is 29.0 Å². The van der Waals surface area contributed by atoms with E-state index in [9.17, 15) is 4.79 Å². The topological polar surface area (TPSA) is 69.8 Å². The van der Waals surface area contributed by atoms with Gasteiger partial charge in [0.15, 0.2) is 0 Å². The maximum atomic E-state index is 11.4. The average Bonchev–Trinajstić information content (AvgIpc) is 2.92. The van der Waals surface area contributed by atoms with E-state index < -0.39 is 0 Å². The molecule has 0 saturated heterocycles. The van der Waals surface area contributed by atoms with Gasteiger partial charge in [0.25, 0.3) is 5.91 Å². The van der Waals surface area contributed by atoms with E-state index in [2.05, 4.69) is 20.8 Å². The molecule has 2 rings (SSSR count). The van der Waals surface area contributed by atoms with Crippen LogP contribution in [0.5, 0.6) is 0 Å². The van der Waals surface area contributed by atoms with E-state index in [1.807, 2.05) is 25.1 Å². The number of hydrogen-bond donors (Lipinski definition) is 3. The van der Waals surface area contributed by atoms with E-state index in [-0.39, 0.29) is 11.9 Å². The van der Waals surface area contributed by atoms with Crippen molar-refractivity contribution in [1.29, 1.82) is 0 Å². The van der Waals surface area contributed by atoms with Crippen LogP contribution in [-0.4, -0.2) is 23.2 Å². The summed E-state index contributed by atoms with van der Waals surface area (Å²) in [5, 5.41) is 12.8. The molecule has 0 saturated carbocycles. The molecule has 2 aromatic rings. The summed E-state index contributed by atoms with van der Waals surface area (Å²) in [5.74, 6) is -0.0804. The summed E-state index contributed by atoms with van der Waals surface area (Å²) in [6, 6.07) is 9.42. The Morgan fingerprint density at radius 3 is 2.56 bits per heavy atom. The Hall–Kier alpha value is -2.30. The van der Waals surface area contributed by atoms with Crippen molar-refractivity contribution in [3.8, 4) is 0 Å². The Bertz CT molecular complexity index is 504. The number of carbonyl (C=O) groups excluding carboxylic acids is 1. The van der Waals surface area contributed by atoms with E-state index in [4.69, 9.17) is 0 Å². The first-order valence-electron chi connectivity index (χ1n) is 5.78. The van der Waals surface area contributed by atoms with Gasteiger partial charge < -0.3 is 10.6 Å². The highest BCUT2D eigenvalue weighted by Gasteiger charge is 2.07. The second-order valence-electron chi connectivity index (χ2n) is 4.03. The maximum absolute atomic E-state index is 11.4. The van der Waals surface area contributed by atoms with Gasteiger partial charge in [0, 0.05) is 24.5 Å². The molecule has 1 aromatic carbocycles. The Balaban J connectivity index is 2.04. The number of carbonyl (C=O) groups is 1. The molecular weight excluding hydrogens is 228 g/mol. The summed E-state index contributed by atoms with van der Waals surface area (Å²) in [4.78, 5) is 11.4. The molecule has 1 aromatic heterocycles. The minimum Gasteiger partial charge on any atom is -0.377 e. The van der Waals surface area contributed by atoms with Gasteiger partial charge in [0.1, 0.15) is 0 Å². The van der Waals surface area contributed by atoms with Crippen LogP contribution in [0.2, 0.25) is 0 Å². The highest BCUT2D eigenvalue weighted by molar-refractivity contribution is 5.94. The summed E-state index contributed by atoms with van der Waals surface area (Å²) < 4.78 is 0. The Kier molecular flexibility index (Phi) is 3.62. The zero-order valence-corrected chi connectivity index (χ0v) is 10.4. The summed E-state index contributed by atoms with van der Waals surface area (Å²) in [7, 11) is 1.62. The van der Waals surface area contributed by atoms with Gasteiger partial charge in [-0.25, -0.2) is 0 Å². The van der Waals surface area contributed by atoms with Gasteiger partial charge in [0.05, 0.1) is 11.7 Å². The number of anilines is 1. The van der Waals surface area contributed by atoms with Crippen LogP contribution in [0.25, 0.3) is 0 Å². The second kappa shape index (κ2) is 5.35. The van der Waals surface area contributed by atoms with E-state index >= 15 is 0 Å². The lowest BCUT2D eigenvalue weighted by Gasteiger charge is -2.13. The van der Waals surface area contributed by atoms with Crippen molar-refractivity contribution in [2.75, 3.05) is 12.4 Å². The van der Waals surface area contributed by atoms with Gasteiger partial charge >= 0.3 is 0 Å². The number of aromatic amines is 1. The minimum absolute atomic E-state index is 0.0804. The number of aromatic nitrogens is 2. The molecule has 1 heterocycles. The summed E-state index contributed by atoms with van der Waals surface area (Å²) in [6.07, 6.45) is 1.72. The normalized spacial score (nSPS) is 11.9. The molecule has 0 radical (unpaired) electrons. The molecular formula is C13H16N4O. The molecule has 1 unspecified atom stereocenters. The summed E-state index contributed by atoms with van der Waals surface area (Å²) in [6.45, 7) is 2.04. The average molecular weight is 244 g/mol. The zero-order chi connectivity index (χ0) is 13.0. The van der Waals surface area contributed by atoms with Crippen LogP contribution < -0.4 is 10.6 Å². The van der Waals surface area contributed by atoms with Crippen LogP contribution in [0, 0.1) is 0 Å². The molecule has 18 heavy (non-hydrogen) atoms. The SMILES string of the molecule is CNC(=O)c1ccc(NC(C)c2ccn[nH]2)cc1. The summed E-state index contributed by atoms with van der Waals surface area (Å²) in [5.41, 5.74) is 2.63. The van der Waals surface area contributed by atoms with Crippen LogP contribution in [0.4, 0.5) is 5.69 Å². The van der Waals surface area contributed by atoms with Crippen LogP contribution in [0.3, 0.4) is 0 Å². The predicted octanol–water partition coefficient (Wildman–Crippen LogP) is 1.94. The minimum atomic E-state index is -0.0804. The van der Waals surface area contributed by atoms with Crippen LogP contribution in [0.15, 0.2) is 36.5 Å². The van der Waals surface area contributed by atoms with Crippen molar-refractivity contribution in [3.05, 3.63) is 47.8 Å². The molecule has 0 aliphatic carbocycles. The fourth-order valence-electron chi connectivity index (χ4n) is 1.70. The molecule has 5 heteroatoms. The van der Waals surface area contributed by atoms with Gasteiger partial charge in [-0.3, -0.25) is 9.89 Å². The maximum Gasteiger partial charge on any atom is 0.251 e. The molecule has 1 atom stereocenters. The predicted molar refractivity (Wildman–Crippen MR) is 70.5 cm³/mol. The first kappa shape index (κ1) is 12.2. The molecule has 5 nitrogen and oxygen atoms in total. The van der Waals surface area contributed by atoms with Gasteiger partial charge in [-0.1, -0.05) is 0 Å². The molecule has 94 valence electrons. The number of H-pyrrole nitrogens is 1. The Labute approximate surface area is 106 Å². The molecule has 0 aliphatic heterocycles. The van der Waals surface area contributed by atoms with Gasteiger partial charge in [0.2, 0.25) is 0 Å². The molecule has 3 N–H and O–H groups in total. The smallest absolute Gasteiger partial charge is 0.251 e. The number of nitrogens with one attached hydrogen (secondary N) is 3. The van der Waals surface area contributed by atoms with Crippen LogP contribution in [-0.2, 0) is 0 Å². The third-order valence-corrected chi connectivity index (χ3v) is 2.75. The monoisotopic (exact) mass is 244 g/mol. The van der Waals surface area contributed by atoms with Gasteiger partial charge in [-0.2, -0.15) is 5.10 Å². The van der Waals surface area contributed by atoms with E-state index in [1.165, 1.54) is 0 Å². The fraction of sp³-hybridized carbons (Fsp3) is 0.231. The molecule has 0 bridgehead atoms. The highest BCUT2D eigenvalue weighted by atomic mass is 16.1. The zero-order valence-electron chi connectivity index (χ0n) is 10.4. The molecule has 0 aliphatic rings. The number of amides is 1. The van der Waals surface area contributed by atoms with E-state index in [0.29, 0.717) is 5.56 Å². The summed E-state index contributed by atoms with van der Waals surface area (Å²) >= 11 is 0. The Morgan fingerprint density at radius 1 is 1.28 bits per heavy atom. The Morgan fingerprint density at radius 2 is 2.00 bits per heavy atom. The lowest BCUT2D eigenvalue weighted by molar-refractivity contribution is 0.0963. The van der Waals surface area contributed by atoms with Crippen molar-refractivity contribution in [2.45, 2.75) is 13.0 Å². The second-order valence-corrected chi connectivity index (χ2v) is 4.03.